The number of benzene rings is 2. The van der Waals surface area contributed by atoms with Crippen LogP contribution in [0.15, 0.2) is 42.6 Å². The molecule has 1 fully saturated rings. The van der Waals surface area contributed by atoms with Crippen molar-refractivity contribution in [1.29, 1.82) is 0 Å². The van der Waals surface area contributed by atoms with E-state index in [4.69, 9.17) is 21.1 Å². The van der Waals surface area contributed by atoms with E-state index in [9.17, 15) is 38.4 Å². The van der Waals surface area contributed by atoms with E-state index in [0.717, 1.165) is 10.9 Å². The van der Waals surface area contributed by atoms with Gasteiger partial charge < -0.3 is 29.9 Å². The second-order valence-electron chi connectivity index (χ2n) is 8.29. The number of ether oxygens (including phenoxy) is 2. The number of carboxylic acid groups (broad SMARTS) is 1. The van der Waals surface area contributed by atoms with Crippen molar-refractivity contribution in [2.24, 2.45) is 0 Å². The number of aliphatic hydroxyl groups is 3. The van der Waals surface area contributed by atoms with Crippen LogP contribution in [0.5, 0.6) is 0 Å². The third-order valence-electron chi connectivity index (χ3n) is 5.94. The molecule has 14 heteroatoms. The molecular formula is C23H21ClF3N3O7. The van der Waals surface area contributed by atoms with E-state index in [2.05, 4.69) is 10.3 Å². The lowest BCUT2D eigenvalue weighted by Gasteiger charge is -2.43. The van der Waals surface area contributed by atoms with Gasteiger partial charge in [0.15, 0.2) is 23.6 Å². The molecule has 1 aromatic heterocycles. The number of carbonyl (C=O) groups is 1. The Balaban J connectivity index is 1.63. The normalized spacial score (nSPS) is 24.7. The van der Waals surface area contributed by atoms with Gasteiger partial charge in [-0.05, 0) is 23.8 Å². The van der Waals surface area contributed by atoms with Crippen LogP contribution in [-0.4, -0.2) is 78.5 Å². The van der Waals surface area contributed by atoms with Gasteiger partial charge in [-0.2, -0.15) is 0 Å². The van der Waals surface area contributed by atoms with Gasteiger partial charge in [0.1, 0.15) is 36.2 Å². The predicted octanol–water partition coefficient (Wildman–Crippen LogP) is 1.71. The van der Waals surface area contributed by atoms with Crippen LogP contribution in [0.25, 0.3) is 11.3 Å². The molecule has 10 nitrogen and oxygen atoms in total. The zero-order valence-electron chi connectivity index (χ0n) is 18.8. The van der Waals surface area contributed by atoms with Crippen LogP contribution < -0.4 is 0 Å². The number of aliphatic carboxylic acids is 1. The van der Waals surface area contributed by atoms with Crippen LogP contribution in [0.2, 0.25) is 5.02 Å². The molecule has 37 heavy (non-hydrogen) atoms. The van der Waals surface area contributed by atoms with Gasteiger partial charge in [-0.15, -0.1) is 5.10 Å². The van der Waals surface area contributed by atoms with Crippen molar-refractivity contribution in [2.75, 3.05) is 6.61 Å². The van der Waals surface area contributed by atoms with Crippen LogP contribution in [0, 0.1) is 17.5 Å². The minimum Gasteiger partial charge on any atom is -0.479 e. The van der Waals surface area contributed by atoms with Gasteiger partial charge in [-0.3, -0.25) is 0 Å². The minimum absolute atomic E-state index is 0.134. The standard InChI is InChI=1S/C23H21ClF3N3O7/c24-12-4-2-1-3-10(12)9-36-22(23(34)35)21-20(33)18(19(32)16(8-31)37-21)30-7-15(28-29-30)11-5-13(25)17(27)14(26)6-11/h1-7,16,18-22,31-33H,8-9H2,(H,34,35)/t16?,18-,19-,20?,21+,22-/m0/s1. The average molecular weight is 544 g/mol. The highest BCUT2D eigenvalue weighted by Gasteiger charge is 2.50. The van der Waals surface area contributed by atoms with Crippen molar-refractivity contribution in [1.82, 2.24) is 15.0 Å². The van der Waals surface area contributed by atoms with E-state index in [1.807, 2.05) is 0 Å². The lowest BCUT2D eigenvalue weighted by Crippen LogP contribution is -2.60. The van der Waals surface area contributed by atoms with Gasteiger partial charge in [0.05, 0.1) is 19.4 Å². The maximum atomic E-state index is 13.7. The summed E-state index contributed by atoms with van der Waals surface area (Å²) < 4.78 is 52.6. The molecule has 0 amide bonds. The Morgan fingerprint density at radius 2 is 1.84 bits per heavy atom. The highest BCUT2D eigenvalue weighted by Crippen LogP contribution is 2.33. The third-order valence-corrected chi connectivity index (χ3v) is 6.31. The van der Waals surface area contributed by atoms with Crippen molar-refractivity contribution in [3.63, 3.8) is 0 Å². The number of aliphatic hydroxyl groups excluding tert-OH is 3. The molecule has 1 saturated heterocycles. The summed E-state index contributed by atoms with van der Waals surface area (Å²) in [5, 5.41) is 49.1. The van der Waals surface area contributed by atoms with Crippen LogP contribution in [0.1, 0.15) is 11.6 Å². The molecule has 0 aliphatic carbocycles. The first-order chi connectivity index (χ1) is 17.6. The lowest BCUT2D eigenvalue weighted by molar-refractivity contribution is -0.238. The molecule has 1 aliphatic heterocycles. The molecule has 4 rings (SSSR count). The van der Waals surface area contributed by atoms with E-state index in [-0.39, 0.29) is 17.9 Å². The summed E-state index contributed by atoms with van der Waals surface area (Å²) in [6, 6.07) is 6.49. The summed E-state index contributed by atoms with van der Waals surface area (Å²) in [5.74, 6) is -6.09. The Morgan fingerprint density at radius 3 is 2.46 bits per heavy atom. The number of hydrogen-bond acceptors (Lipinski definition) is 8. The second-order valence-corrected chi connectivity index (χ2v) is 8.70. The summed E-state index contributed by atoms with van der Waals surface area (Å²) in [6.07, 6.45) is -6.98. The molecule has 0 bridgehead atoms. The molecule has 198 valence electrons. The maximum Gasteiger partial charge on any atom is 0.335 e. The molecule has 0 spiro atoms. The molecule has 2 heterocycles. The summed E-state index contributed by atoms with van der Waals surface area (Å²) in [6.45, 7) is -1.01. The van der Waals surface area contributed by atoms with Gasteiger partial charge in [0, 0.05) is 10.6 Å². The molecule has 4 N–H and O–H groups in total. The highest BCUT2D eigenvalue weighted by atomic mass is 35.5. The van der Waals surface area contributed by atoms with Crippen molar-refractivity contribution < 1.29 is 47.9 Å². The van der Waals surface area contributed by atoms with Crippen LogP contribution in [0.3, 0.4) is 0 Å². The molecule has 2 aromatic carbocycles. The van der Waals surface area contributed by atoms with Gasteiger partial charge in [-0.1, -0.05) is 35.0 Å². The Morgan fingerprint density at radius 1 is 1.16 bits per heavy atom. The fourth-order valence-electron chi connectivity index (χ4n) is 4.05. The molecular weight excluding hydrogens is 523 g/mol. The smallest absolute Gasteiger partial charge is 0.335 e. The minimum atomic E-state index is -1.77. The zero-order valence-corrected chi connectivity index (χ0v) is 19.5. The Hall–Kier alpha value is -3.07. The summed E-state index contributed by atoms with van der Waals surface area (Å²) in [5.41, 5.74) is 0.154. The quantitative estimate of drug-likeness (QED) is 0.312. The third kappa shape index (κ3) is 5.46. The first-order valence-electron chi connectivity index (χ1n) is 10.9. The second kappa shape index (κ2) is 11.1. The number of halogens is 4. The van der Waals surface area contributed by atoms with E-state index in [1.54, 1.807) is 24.3 Å². The number of carboxylic acids is 1. The summed E-state index contributed by atoms with van der Waals surface area (Å²) in [7, 11) is 0. The maximum absolute atomic E-state index is 13.7. The largest absolute Gasteiger partial charge is 0.479 e. The van der Waals surface area contributed by atoms with Crippen molar-refractivity contribution in [3.05, 3.63) is 70.6 Å². The Bertz CT molecular complexity index is 1260. The Labute approximate surface area is 212 Å². The lowest BCUT2D eigenvalue weighted by atomic mass is 9.90. The van der Waals surface area contributed by atoms with Gasteiger partial charge in [0.2, 0.25) is 0 Å². The molecule has 1 aliphatic rings. The monoisotopic (exact) mass is 543 g/mol. The number of nitrogens with zero attached hydrogens (tertiary/aromatic N) is 3. The van der Waals surface area contributed by atoms with Crippen LogP contribution >= 0.6 is 11.6 Å². The number of aromatic nitrogens is 3. The van der Waals surface area contributed by atoms with Crippen LogP contribution in [0.4, 0.5) is 13.2 Å². The van der Waals surface area contributed by atoms with Gasteiger partial charge in [0.25, 0.3) is 0 Å². The summed E-state index contributed by atoms with van der Waals surface area (Å²) >= 11 is 6.09. The topological polar surface area (TPSA) is 147 Å². The molecule has 3 aromatic rings. The molecule has 0 saturated carbocycles. The molecule has 0 radical (unpaired) electrons. The van der Waals surface area contributed by atoms with Gasteiger partial charge >= 0.3 is 5.97 Å². The van der Waals surface area contributed by atoms with Crippen molar-refractivity contribution in [2.45, 2.75) is 43.2 Å². The number of rotatable bonds is 8. The average Bonchev–Trinajstić information content (AvgIpc) is 3.34. The van der Waals surface area contributed by atoms with Gasteiger partial charge in [-0.25, -0.2) is 22.6 Å². The summed E-state index contributed by atoms with van der Waals surface area (Å²) in [4.78, 5) is 12.0. The van der Waals surface area contributed by atoms with E-state index in [0.29, 0.717) is 22.7 Å². The fourth-order valence-corrected chi connectivity index (χ4v) is 4.24. The first kappa shape index (κ1) is 27.0. The number of hydrogen-bond donors (Lipinski definition) is 4. The van der Waals surface area contributed by atoms with E-state index in [1.165, 1.54) is 0 Å². The molecule has 6 atom stereocenters. The Kier molecular flexibility index (Phi) is 8.11. The van der Waals surface area contributed by atoms with Crippen molar-refractivity contribution >= 4 is 17.6 Å². The first-order valence-corrected chi connectivity index (χ1v) is 11.3. The van der Waals surface area contributed by atoms with Crippen molar-refractivity contribution in [3.8, 4) is 11.3 Å². The van der Waals surface area contributed by atoms with Crippen LogP contribution in [-0.2, 0) is 20.9 Å². The SMILES string of the molecule is O=C(O)[C@@H](OCc1ccccc1Cl)[C@@H]1OC(CO)[C@H](O)[C@H](n2cc(-c3cc(F)c(F)c(F)c3)nn2)C1O. The van der Waals surface area contributed by atoms with E-state index < -0.39 is 66.6 Å². The predicted molar refractivity (Wildman–Crippen MR) is 120 cm³/mol. The zero-order chi connectivity index (χ0) is 26.9. The van der Waals surface area contributed by atoms with E-state index >= 15 is 0 Å². The fraction of sp³-hybridized carbons (Fsp3) is 0.348. The molecule has 2 unspecified atom stereocenters. The highest BCUT2D eigenvalue weighted by molar-refractivity contribution is 6.31.